The summed E-state index contributed by atoms with van der Waals surface area (Å²) >= 11 is 1.50. The van der Waals surface area contributed by atoms with Gasteiger partial charge in [0.05, 0.1) is 14.5 Å². The van der Waals surface area contributed by atoms with Gasteiger partial charge in [0.15, 0.2) is 4.87 Å². The predicted octanol–water partition coefficient (Wildman–Crippen LogP) is 1.04. The number of carbonyl (C=O) groups excluding carboxylic acids is 1. The first-order valence-corrected chi connectivity index (χ1v) is 9.54. The molecule has 0 aromatic rings. The molecule has 1 aliphatic heterocycles. The topological polar surface area (TPSA) is 46.3 Å². The quantitative estimate of drug-likeness (QED) is 0.450. The standard InChI is InChI=1S/C10H22N2OSSi/c1-9(2,3)12-7(13)10(11,14-4)8(12)15(5)6/h8,15H,11H2,1-6H3. The van der Waals surface area contributed by atoms with Crippen molar-refractivity contribution in [1.29, 1.82) is 0 Å². The zero-order chi connectivity index (χ0) is 12.0. The summed E-state index contributed by atoms with van der Waals surface area (Å²) in [5.74, 6) is 0.105. The molecule has 0 aliphatic carbocycles. The highest BCUT2D eigenvalue weighted by molar-refractivity contribution is 8.00. The Kier molecular flexibility index (Phi) is 3.30. The largest absolute Gasteiger partial charge is 0.333 e. The fourth-order valence-electron chi connectivity index (χ4n) is 2.29. The third-order valence-electron chi connectivity index (χ3n) is 2.96. The number of likely N-dealkylation sites (tertiary alicyclic amines) is 1. The van der Waals surface area contributed by atoms with Crippen LogP contribution in [-0.2, 0) is 4.79 Å². The normalized spacial score (nSPS) is 32.1. The Labute approximate surface area is 98.4 Å². The average Bonchev–Trinajstić information content (AvgIpc) is 2.08. The third kappa shape index (κ3) is 1.85. The van der Waals surface area contributed by atoms with E-state index in [2.05, 4.69) is 33.9 Å². The maximum Gasteiger partial charge on any atom is 0.255 e. The van der Waals surface area contributed by atoms with E-state index in [0.29, 0.717) is 0 Å². The van der Waals surface area contributed by atoms with Crippen molar-refractivity contribution >= 4 is 26.5 Å². The number of hydrogen-bond acceptors (Lipinski definition) is 3. The van der Waals surface area contributed by atoms with E-state index < -0.39 is 13.7 Å². The van der Waals surface area contributed by atoms with E-state index in [4.69, 9.17) is 5.73 Å². The second kappa shape index (κ2) is 3.78. The number of carbonyl (C=O) groups is 1. The molecule has 0 aromatic carbocycles. The number of amides is 1. The summed E-state index contributed by atoms with van der Waals surface area (Å²) in [6.45, 7) is 10.7. The van der Waals surface area contributed by atoms with Gasteiger partial charge >= 0.3 is 0 Å². The van der Waals surface area contributed by atoms with E-state index in [1.165, 1.54) is 11.8 Å². The number of thioether (sulfide) groups is 1. The predicted molar refractivity (Wildman–Crippen MR) is 69.7 cm³/mol. The first-order chi connectivity index (χ1) is 6.66. The molecular weight excluding hydrogens is 224 g/mol. The van der Waals surface area contributed by atoms with Crippen molar-refractivity contribution in [2.24, 2.45) is 5.73 Å². The Hall–Kier alpha value is -0.00312. The Balaban J connectivity index is 3.00. The number of rotatable bonds is 2. The zero-order valence-corrected chi connectivity index (χ0v) is 12.5. The zero-order valence-electron chi connectivity index (χ0n) is 10.5. The molecule has 5 heteroatoms. The van der Waals surface area contributed by atoms with E-state index in [-0.39, 0.29) is 17.1 Å². The highest BCUT2D eigenvalue weighted by atomic mass is 32.2. The molecule has 1 fully saturated rings. The Morgan fingerprint density at radius 3 is 2.20 bits per heavy atom. The van der Waals surface area contributed by atoms with Crippen LogP contribution in [0.3, 0.4) is 0 Å². The molecule has 15 heavy (non-hydrogen) atoms. The van der Waals surface area contributed by atoms with Gasteiger partial charge in [-0.25, -0.2) is 0 Å². The fraction of sp³-hybridized carbons (Fsp3) is 0.900. The molecule has 0 aromatic heterocycles. The van der Waals surface area contributed by atoms with Crippen LogP contribution in [0.2, 0.25) is 13.1 Å². The molecule has 1 saturated heterocycles. The van der Waals surface area contributed by atoms with E-state index in [0.717, 1.165) is 0 Å². The summed E-state index contributed by atoms with van der Waals surface area (Å²) in [7, 11) is -0.957. The maximum absolute atomic E-state index is 12.1. The lowest BCUT2D eigenvalue weighted by Gasteiger charge is -2.60. The molecule has 0 spiro atoms. The molecule has 2 N–H and O–H groups in total. The molecule has 1 heterocycles. The number of nitrogens with two attached hydrogens (primary N) is 1. The summed E-state index contributed by atoms with van der Waals surface area (Å²) in [5.41, 5.74) is 6.36. The van der Waals surface area contributed by atoms with Crippen LogP contribution in [0.5, 0.6) is 0 Å². The lowest BCUT2D eigenvalue weighted by atomic mass is 9.96. The Morgan fingerprint density at radius 1 is 1.47 bits per heavy atom. The van der Waals surface area contributed by atoms with Gasteiger partial charge in [-0.15, -0.1) is 11.8 Å². The van der Waals surface area contributed by atoms with Gasteiger partial charge in [0.1, 0.15) is 0 Å². The van der Waals surface area contributed by atoms with Gasteiger partial charge in [0.2, 0.25) is 0 Å². The Bertz CT molecular complexity index is 277. The van der Waals surface area contributed by atoms with Crippen molar-refractivity contribution in [3.8, 4) is 0 Å². The van der Waals surface area contributed by atoms with Crippen LogP contribution in [0.4, 0.5) is 0 Å². The minimum absolute atomic E-state index is 0.0996. The van der Waals surface area contributed by atoms with E-state index in [9.17, 15) is 4.79 Å². The first-order valence-electron chi connectivity index (χ1n) is 5.34. The van der Waals surface area contributed by atoms with Crippen LogP contribution in [-0.4, -0.2) is 41.9 Å². The van der Waals surface area contributed by atoms with Crippen molar-refractivity contribution in [2.75, 3.05) is 6.26 Å². The molecule has 1 aliphatic rings. The molecule has 1 rings (SSSR count). The smallest absolute Gasteiger partial charge is 0.255 e. The second-order valence-corrected chi connectivity index (χ2v) is 9.74. The van der Waals surface area contributed by atoms with Crippen molar-refractivity contribution in [3.63, 3.8) is 0 Å². The molecule has 1 amide bonds. The summed E-state index contributed by atoms with van der Waals surface area (Å²) in [4.78, 5) is 13.4. The van der Waals surface area contributed by atoms with Gasteiger partial charge in [-0.05, 0) is 27.0 Å². The molecule has 88 valence electrons. The SMILES string of the molecule is CSC1(N)C(=O)N(C(C)(C)C)C1[SiH](C)C. The first kappa shape index (κ1) is 13.1. The van der Waals surface area contributed by atoms with Crippen LogP contribution in [0, 0.1) is 0 Å². The summed E-state index contributed by atoms with van der Waals surface area (Å²) in [5, 5.41) is 0. The summed E-state index contributed by atoms with van der Waals surface area (Å²) in [6.07, 6.45) is 1.93. The summed E-state index contributed by atoms with van der Waals surface area (Å²) < 4.78 is 0. The van der Waals surface area contributed by atoms with Crippen molar-refractivity contribution in [1.82, 2.24) is 4.90 Å². The lowest BCUT2D eigenvalue weighted by Crippen LogP contribution is -2.83. The van der Waals surface area contributed by atoms with Crippen molar-refractivity contribution in [3.05, 3.63) is 0 Å². The average molecular weight is 246 g/mol. The van der Waals surface area contributed by atoms with Crippen molar-refractivity contribution < 1.29 is 4.79 Å². The fourth-order valence-corrected chi connectivity index (χ4v) is 6.45. The molecule has 2 atom stereocenters. The molecule has 0 bridgehead atoms. The number of nitrogens with zero attached hydrogens (tertiary/aromatic N) is 1. The minimum Gasteiger partial charge on any atom is -0.333 e. The van der Waals surface area contributed by atoms with E-state index in [1.54, 1.807) is 0 Å². The van der Waals surface area contributed by atoms with Gasteiger partial charge in [-0.1, -0.05) is 13.1 Å². The Morgan fingerprint density at radius 2 is 1.93 bits per heavy atom. The maximum atomic E-state index is 12.1. The van der Waals surface area contributed by atoms with Gasteiger partial charge in [0.25, 0.3) is 5.91 Å². The molecule has 0 saturated carbocycles. The lowest BCUT2D eigenvalue weighted by molar-refractivity contribution is -0.155. The molecular formula is C10H22N2OSSi. The minimum atomic E-state index is -0.957. The second-order valence-electron chi connectivity index (χ2n) is 5.53. The van der Waals surface area contributed by atoms with Gasteiger partial charge < -0.3 is 10.6 Å². The number of β-lactam (4-membered cyclic amide) rings is 1. The van der Waals surface area contributed by atoms with Crippen molar-refractivity contribution in [2.45, 2.75) is 49.9 Å². The van der Waals surface area contributed by atoms with Gasteiger partial charge in [-0.3, -0.25) is 4.79 Å². The van der Waals surface area contributed by atoms with Crippen LogP contribution >= 0.6 is 11.8 Å². The monoisotopic (exact) mass is 246 g/mol. The molecule has 0 radical (unpaired) electrons. The van der Waals surface area contributed by atoms with Gasteiger partial charge in [-0.2, -0.15) is 0 Å². The highest BCUT2D eigenvalue weighted by Gasteiger charge is 2.61. The van der Waals surface area contributed by atoms with Crippen LogP contribution in [0.15, 0.2) is 0 Å². The highest BCUT2D eigenvalue weighted by Crippen LogP contribution is 2.42. The van der Waals surface area contributed by atoms with Crippen LogP contribution in [0.25, 0.3) is 0 Å². The van der Waals surface area contributed by atoms with Crippen LogP contribution < -0.4 is 5.73 Å². The van der Waals surface area contributed by atoms with Gasteiger partial charge in [0, 0.05) is 5.54 Å². The molecule has 2 unspecified atom stereocenters. The third-order valence-corrected chi connectivity index (χ3v) is 6.38. The summed E-state index contributed by atoms with van der Waals surface area (Å²) in [6, 6.07) is 0. The van der Waals surface area contributed by atoms with Crippen LogP contribution in [0.1, 0.15) is 20.8 Å². The van der Waals surface area contributed by atoms with E-state index in [1.807, 2.05) is 11.2 Å². The number of hydrogen-bond donors (Lipinski definition) is 1. The molecule has 3 nitrogen and oxygen atoms in total. The van der Waals surface area contributed by atoms with E-state index >= 15 is 0 Å².